The van der Waals surface area contributed by atoms with Crippen LogP contribution in [0.3, 0.4) is 0 Å². The second-order valence-electron chi connectivity index (χ2n) is 17.8. The summed E-state index contributed by atoms with van der Waals surface area (Å²) in [7, 11) is 0. The standard InChI is InChI=1S/C64H50N2/c1-4-20-45(21-5-1)46-40-42-48(43-41-46)53-30-10-13-36-59(53)66(60-37-14-11-31-56(60)57-35-18-25-49-24-17-33-54(63(49)57)47-22-6-2-7-23-47)52-29-16-26-50(44-52)55-34-19-39-62-64(55)58-32-12-15-38-61(58)65(62)51-27-8-3-9-28-51/h1,3-5,8-21,24-44,47H,2,6-7,22-23H2. The largest absolute Gasteiger partial charge is 0.309 e. The van der Waals surface area contributed by atoms with Crippen molar-refractivity contribution in [2.24, 2.45) is 0 Å². The lowest BCUT2D eigenvalue weighted by atomic mass is 9.80. The third-order valence-corrected chi connectivity index (χ3v) is 14.0. The molecule has 12 rings (SSSR count). The molecule has 1 aliphatic carbocycles. The lowest BCUT2D eigenvalue weighted by Gasteiger charge is -2.31. The first-order valence-electron chi connectivity index (χ1n) is 23.6. The van der Waals surface area contributed by atoms with Crippen LogP contribution < -0.4 is 4.90 Å². The van der Waals surface area contributed by atoms with Crippen LogP contribution in [-0.4, -0.2) is 4.57 Å². The van der Waals surface area contributed by atoms with Crippen molar-refractivity contribution in [3.8, 4) is 50.2 Å². The molecule has 2 heteroatoms. The number of hydrogen-bond acceptors (Lipinski definition) is 1. The summed E-state index contributed by atoms with van der Waals surface area (Å²) in [6.45, 7) is 0. The molecule has 0 radical (unpaired) electrons. The van der Waals surface area contributed by atoms with Crippen molar-refractivity contribution in [2.45, 2.75) is 38.0 Å². The Kier molecular flexibility index (Phi) is 10.3. The molecule has 1 aliphatic rings. The van der Waals surface area contributed by atoms with E-state index in [4.69, 9.17) is 0 Å². The van der Waals surface area contributed by atoms with Crippen LogP contribution in [0.5, 0.6) is 0 Å². The van der Waals surface area contributed by atoms with Crippen LogP contribution in [0.15, 0.2) is 237 Å². The van der Waals surface area contributed by atoms with Gasteiger partial charge in [0.05, 0.1) is 22.4 Å². The predicted octanol–water partition coefficient (Wildman–Crippen LogP) is 18.1. The van der Waals surface area contributed by atoms with Gasteiger partial charge in [-0.3, -0.25) is 0 Å². The van der Waals surface area contributed by atoms with Gasteiger partial charge >= 0.3 is 0 Å². The van der Waals surface area contributed by atoms with Crippen LogP contribution in [0.4, 0.5) is 17.1 Å². The Balaban J connectivity index is 1.08. The molecule has 66 heavy (non-hydrogen) atoms. The van der Waals surface area contributed by atoms with Crippen molar-refractivity contribution >= 4 is 49.6 Å². The fraction of sp³-hybridized carbons (Fsp3) is 0.0938. The highest BCUT2D eigenvalue weighted by atomic mass is 15.1. The molecule has 1 fully saturated rings. The molecule has 0 atom stereocenters. The van der Waals surface area contributed by atoms with Gasteiger partial charge in [-0.2, -0.15) is 0 Å². The molecular formula is C64H50N2. The van der Waals surface area contributed by atoms with Crippen LogP contribution in [0.25, 0.3) is 82.8 Å². The van der Waals surface area contributed by atoms with E-state index >= 15 is 0 Å². The van der Waals surface area contributed by atoms with Gasteiger partial charge in [0.15, 0.2) is 0 Å². The molecule has 1 aromatic heterocycles. The Morgan fingerprint density at radius 2 is 0.924 bits per heavy atom. The number of aromatic nitrogens is 1. The number of fused-ring (bicyclic) bond motifs is 4. The first-order valence-corrected chi connectivity index (χ1v) is 23.6. The molecule has 0 aliphatic heterocycles. The zero-order valence-electron chi connectivity index (χ0n) is 37.0. The summed E-state index contributed by atoms with van der Waals surface area (Å²) in [4.78, 5) is 2.52. The van der Waals surface area contributed by atoms with E-state index < -0.39 is 0 Å². The summed E-state index contributed by atoms with van der Waals surface area (Å²) < 4.78 is 2.41. The molecule has 2 nitrogen and oxygen atoms in total. The molecule has 0 N–H and O–H groups in total. The van der Waals surface area contributed by atoms with E-state index in [1.54, 1.807) is 0 Å². The van der Waals surface area contributed by atoms with E-state index in [0.29, 0.717) is 5.92 Å². The molecule has 0 amide bonds. The molecular weight excluding hydrogens is 797 g/mol. The smallest absolute Gasteiger partial charge is 0.0547 e. The van der Waals surface area contributed by atoms with Crippen LogP contribution in [0, 0.1) is 0 Å². The van der Waals surface area contributed by atoms with Gasteiger partial charge in [0, 0.05) is 33.3 Å². The second kappa shape index (κ2) is 17.2. The van der Waals surface area contributed by atoms with Crippen molar-refractivity contribution < 1.29 is 0 Å². The van der Waals surface area contributed by atoms with E-state index in [9.17, 15) is 0 Å². The summed E-state index contributed by atoms with van der Waals surface area (Å²) in [5, 5.41) is 5.19. The monoisotopic (exact) mass is 846 g/mol. The molecule has 0 saturated heterocycles. The molecule has 316 valence electrons. The van der Waals surface area contributed by atoms with Gasteiger partial charge in [0.2, 0.25) is 0 Å². The maximum atomic E-state index is 2.52. The van der Waals surface area contributed by atoms with Gasteiger partial charge in [0.25, 0.3) is 0 Å². The zero-order valence-corrected chi connectivity index (χ0v) is 37.0. The van der Waals surface area contributed by atoms with E-state index in [1.165, 1.54) is 115 Å². The number of benzene rings is 10. The summed E-state index contributed by atoms with van der Waals surface area (Å²) in [5.41, 5.74) is 18.1. The third kappa shape index (κ3) is 7.07. The highest BCUT2D eigenvalue weighted by Crippen LogP contribution is 2.49. The number of para-hydroxylation sites is 4. The molecule has 10 aromatic carbocycles. The Hall–Kier alpha value is -7.94. The topological polar surface area (TPSA) is 8.17 Å². The van der Waals surface area contributed by atoms with Crippen LogP contribution in [0.1, 0.15) is 43.6 Å². The summed E-state index contributed by atoms with van der Waals surface area (Å²) in [5.74, 6) is 0.568. The van der Waals surface area contributed by atoms with Gasteiger partial charge in [0.1, 0.15) is 0 Å². The van der Waals surface area contributed by atoms with Crippen molar-refractivity contribution in [3.63, 3.8) is 0 Å². The highest BCUT2D eigenvalue weighted by Gasteiger charge is 2.25. The Morgan fingerprint density at radius 3 is 1.73 bits per heavy atom. The predicted molar refractivity (Wildman–Crippen MR) is 281 cm³/mol. The minimum atomic E-state index is 0.568. The molecule has 0 unspecified atom stereocenters. The minimum absolute atomic E-state index is 0.568. The van der Waals surface area contributed by atoms with Crippen molar-refractivity contribution in [1.82, 2.24) is 4.57 Å². The number of rotatable bonds is 9. The average molecular weight is 847 g/mol. The highest BCUT2D eigenvalue weighted by molar-refractivity contribution is 6.16. The zero-order chi connectivity index (χ0) is 43.8. The van der Waals surface area contributed by atoms with Gasteiger partial charge in [-0.05, 0) is 117 Å². The number of anilines is 3. The molecule has 0 spiro atoms. The molecule has 11 aromatic rings. The van der Waals surface area contributed by atoms with Crippen LogP contribution in [0.2, 0.25) is 0 Å². The van der Waals surface area contributed by atoms with Crippen molar-refractivity contribution in [1.29, 1.82) is 0 Å². The van der Waals surface area contributed by atoms with Crippen LogP contribution >= 0.6 is 0 Å². The van der Waals surface area contributed by atoms with Gasteiger partial charge in [-0.1, -0.05) is 207 Å². The maximum absolute atomic E-state index is 2.52. The SMILES string of the molecule is c1ccc(-c2ccc(-c3ccccc3N(c3cccc(-c4cccc5c4c4ccccc4n5-c4ccccc4)c3)c3ccccc3-c3cccc4cccc(C5CCCCC5)c34)cc2)cc1. The summed E-state index contributed by atoms with van der Waals surface area (Å²) in [6.07, 6.45) is 6.44. The molecule has 0 bridgehead atoms. The lowest BCUT2D eigenvalue weighted by molar-refractivity contribution is 0.445. The first kappa shape index (κ1) is 39.6. The first-order chi connectivity index (χ1) is 32.8. The second-order valence-corrected chi connectivity index (χ2v) is 17.8. The number of nitrogens with zero attached hydrogens (tertiary/aromatic N) is 2. The Bertz CT molecular complexity index is 3500. The van der Waals surface area contributed by atoms with Crippen molar-refractivity contribution in [3.05, 3.63) is 242 Å². The van der Waals surface area contributed by atoms with Gasteiger partial charge in [-0.25, -0.2) is 0 Å². The Labute approximate surface area is 387 Å². The fourth-order valence-electron chi connectivity index (χ4n) is 11.0. The normalized spacial score (nSPS) is 13.1. The lowest BCUT2D eigenvalue weighted by Crippen LogP contribution is -2.13. The molecule has 1 saturated carbocycles. The van der Waals surface area contributed by atoms with E-state index in [-0.39, 0.29) is 0 Å². The third-order valence-electron chi connectivity index (χ3n) is 14.0. The average Bonchev–Trinajstić information content (AvgIpc) is 3.74. The maximum Gasteiger partial charge on any atom is 0.0547 e. The van der Waals surface area contributed by atoms with Gasteiger partial charge in [-0.15, -0.1) is 0 Å². The molecule has 1 heterocycles. The van der Waals surface area contributed by atoms with E-state index in [2.05, 4.69) is 246 Å². The van der Waals surface area contributed by atoms with E-state index in [0.717, 1.165) is 22.7 Å². The van der Waals surface area contributed by atoms with Gasteiger partial charge < -0.3 is 9.47 Å². The number of hydrogen-bond donors (Lipinski definition) is 0. The van der Waals surface area contributed by atoms with Crippen LogP contribution in [-0.2, 0) is 0 Å². The fourth-order valence-corrected chi connectivity index (χ4v) is 11.0. The summed E-state index contributed by atoms with van der Waals surface area (Å²) in [6, 6.07) is 87.3. The van der Waals surface area contributed by atoms with E-state index in [1.807, 2.05) is 0 Å². The Morgan fingerprint density at radius 1 is 0.364 bits per heavy atom. The van der Waals surface area contributed by atoms with Crippen molar-refractivity contribution in [2.75, 3.05) is 4.90 Å². The summed E-state index contributed by atoms with van der Waals surface area (Å²) >= 11 is 0. The minimum Gasteiger partial charge on any atom is -0.309 e. The quantitative estimate of drug-likeness (QED) is 0.140.